The van der Waals surface area contributed by atoms with Gasteiger partial charge in [-0.2, -0.15) is 0 Å². The van der Waals surface area contributed by atoms with Gasteiger partial charge in [-0.3, -0.25) is 0 Å². The Morgan fingerprint density at radius 3 is 2.45 bits per heavy atom. The average molecular weight is 272 g/mol. The molecular weight excluding hydrogens is 240 g/mol. The molecule has 0 unspecified atom stereocenters. The highest BCUT2D eigenvalue weighted by molar-refractivity contribution is 5.15. The Morgan fingerprint density at radius 2 is 1.70 bits per heavy atom. The Balaban J connectivity index is 2.26. The molecule has 0 aromatic carbocycles. The summed E-state index contributed by atoms with van der Waals surface area (Å²) in [7, 11) is 0. The van der Waals surface area contributed by atoms with E-state index < -0.39 is 0 Å². The van der Waals surface area contributed by atoms with Gasteiger partial charge in [-0.1, -0.05) is 49.3 Å². The van der Waals surface area contributed by atoms with Gasteiger partial charge in [0.15, 0.2) is 0 Å². The maximum absolute atomic E-state index is 4.40. The van der Waals surface area contributed by atoms with Gasteiger partial charge in [0.1, 0.15) is 0 Å². The van der Waals surface area contributed by atoms with Crippen molar-refractivity contribution in [2.75, 3.05) is 0 Å². The third-order valence-corrected chi connectivity index (χ3v) is 5.87. The summed E-state index contributed by atoms with van der Waals surface area (Å²) in [5.74, 6) is 1.54. The Kier molecular flexibility index (Phi) is 4.94. The fourth-order valence-corrected chi connectivity index (χ4v) is 4.18. The van der Waals surface area contributed by atoms with Crippen molar-refractivity contribution in [2.45, 2.75) is 72.6 Å². The van der Waals surface area contributed by atoms with Gasteiger partial charge in [0.25, 0.3) is 0 Å². The van der Waals surface area contributed by atoms with E-state index in [1.165, 1.54) is 50.5 Å². The molecule has 1 saturated carbocycles. The molecule has 0 heteroatoms. The van der Waals surface area contributed by atoms with E-state index in [4.69, 9.17) is 0 Å². The van der Waals surface area contributed by atoms with E-state index in [1.807, 2.05) is 0 Å². The van der Waals surface area contributed by atoms with E-state index in [1.54, 1.807) is 11.1 Å². The summed E-state index contributed by atoms with van der Waals surface area (Å²) in [6, 6.07) is 0. The SMILES string of the molecule is C=C1CC[C@H]2C/C=C(\C)CC/C=C(\C)CC[C@@H]1C2(C)C. The Labute approximate surface area is 126 Å². The van der Waals surface area contributed by atoms with Crippen molar-refractivity contribution in [3.63, 3.8) is 0 Å². The predicted molar refractivity (Wildman–Crippen MR) is 89.7 cm³/mol. The summed E-state index contributed by atoms with van der Waals surface area (Å²) in [5, 5.41) is 0. The lowest BCUT2D eigenvalue weighted by Crippen LogP contribution is -2.37. The molecule has 2 rings (SSSR count). The molecular formula is C20H32. The van der Waals surface area contributed by atoms with Crippen molar-refractivity contribution in [2.24, 2.45) is 17.3 Å². The molecule has 0 spiro atoms. The van der Waals surface area contributed by atoms with E-state index in [-0.39, 0.29) is 0 Å². The lowest BCUT2D eigenvalue weighted by molar-refractivity contribution is 0.0950. The minimum Gasteiger partial charge on any atom is -0.0996 e. The van der Waals surface area contributed by atoms with Crippen molar-refractivity contribution in [3.05, 3.63) is 35.5 Å². The Hall–Kier alpha value is -0.780. The van der Waals surface area contributed by atoms with Crippen LogP contribution in [-0.4, -0.2) is 0 Å². The molecule has 2 aliphatic rings. The second-order valence-corrected chi connectivity index (χ2v) is 7.68. The Morgan fingerprint density at radius 1 is 1.00 bits per heavy atom. The number of rotatable bonds is 0. The van der Waals surface area contributed by atoms with E-state index in [0.29, 0.717) is 11.3 Å². The van der Waals surface area contributed by atoms with E-state index >= 15 is 0 Å². The third-order valence-electron chi connectivity index (χ3n) is 5.87. The van der Waals surface area contributed by atoms with Crippen LogP contribution in [0.1, 0.15) is 72.6 Å². The minimum absolute atomic E-state index is 0.408. The monoisotopic (exact) mass is 272 g/mol. The zero-order chi connectivity index (χ0) is 14.8. The average Bonchev–Trinajstić information content (AvgIpc) is 2.36. The van der Waals surface area contributed by atoms with Crippen LogP contribution in [-0.2, 0) is 0 Å². The minimum atomic E-state index is 0.408. The van der Waals surface area contributed by atoms with Gasteiger partial charge in [-0.25, -0.2) is 0 Å². The van der Waals surface area contributed by atoms with Crippen LogP contribution in [0, 0.1) is 17.3 Å². The molecule has 0 aromatic rings. The normalized spacial score (nSPS) is 36.9. The first-order valence-corrected chi connectivity index (χ1v) is 8.40. The van der Waals surface area contributed by atoms with Crippen LogP contribution in [0.15, 0.2) is 35.5 Å². The molecule has 2 aliphatic carbocycles. The molecule has 0 radical (unpaired) electrons. The number of hydrogen-bond acceptors (Lipinski definition) is 0. The summed E-state index contributed by atoms with van der Waals surface area (Å²) < 4.78 is 0. The van der Waals surface area contributed by atoms with Gasteiger partial charge in [-0.15, -0.1) is 0 Å². The van der Waals surface area contributed by atoms with Gasteiger partial charge in [-0.05, 0) is 76.0 Å². The van der Waals surface area contributed by atoms with Crippen molar-refractivity contribution in [3.8, 4) is 0 Å². The molecule has 0 amide bonds. The molecule has 2 bridgehead atoms. The van der Waals surface area contributed by atoms with Crippen molar-refractivity contribution in [1.29, 1.82) is 0 Å². The van der Waals surface area contributed by atoms with Crippen LogP contribution in [0.4, 0.5) is 0 Å². The molecule has 2 atom stereocenters. The number of allylic oxidation sites excluding steroid dienone is 5. The predicted octanol–water partition coefficient (Wildman–Crippen LogP) is 6.45. The van der Waals surface area contributed by atoms with Gasteiger partial charge in [0.2, 0.25) is 0 Å². The molecule has 0 aliphatic heterocycles. The second-order valence-electron chi connectivity index (χ2n) is 7.68. The fourth-order valence-electron chi connectivity index (χ4n) is 4.18. The lowest BCUT2D eigenvalue weighted by Gasteiger charge is -2.47. The fraction of sp³-hybridized carbons (Fsp3) is 0.700. The summed E-state index contributed by atoms with van der Waals surface area (Å²) in [5.41, 5.74) is 5.07. The molecule has 0 saturated heterocycles. The van der Waals surface area contributed by atoms with Crippen LogP contribution >= 0.6 is 0 Å². The maximum atomic E-state index is 4.40. The highest BCUT2D eigenvalue weighted by atomic mass is 14.5. The van der Waals surface area contributed by atoms with Crippen molar-refractivity contribution >= 4 is 0 Å². The summed E-state index contributed by atoms with van der Waals surface area (Å²) in [6.07, 6.45) is 13.8. The van der Waals surface area contributed by atoms with E-state index in [9.17, 15) is 0 Å². The summed E-state index contributed by atoms with van der Waals surface area (Å²) >= 11 is 0. The highest BCUT2D eigenvalue weighted by Crippen LogP contribution is 2.51. The van der Waals surface area contributed by atoms with E-state index in [0.717, 1.165) is 5.92 Å². The first-order valence-electron chi connectivity index (χ1n) is 8.40. The van der Waals surface area contributed by atoms with Crippen LogP contribution < -0.4 is 0 Å². The van der Waals surface area contributed by atoms with Crippen LogP contribution in [0.25, 0.3) is 0 Å². The molecule has 0 heterocycles. The zero-order valence-corrected chi connectivity index (χ0v) is 14.0. The van der Waals surface area contributed by atoms with Gasteiger partial charge < -0.3 is 0 Å². The van der Waals surface area contributed by atoms with E-state index in [2.05, 4.69) is 46.4 Å². The smallest absolute Gasteiger partial charge is 0.0149 e. The molecule has 112 valence electrons. The third kappa shape index (κ3) is 3.45. The molecule has 0 N–H and O–H groups in total. The summed E-state index contributed by atoms with van der Waals surface area (Å²) in [4.78, 5) is 0. The maximum Gasteiger partial charge on any atom is -0.0149 e. The van der Waals surface area contributed by atoms with Crippen LogP contribution in [0.5, 0.6) is 0 Å². The number of fused-ring (bicyclic) bond motifs is 2. The van der Waals surface area contributed by atoms with Crippen LogP contribution in [0.2, 0.25) is 0 Å². The zero-order valence-electron chi connectivity index (χ0n) is 14.0. The molecule has 1 fully saturated rings. The van der Waals surface area contributed by atoms with Crippen LogP contribution in [0.3, 0.4) is 0 Å². The lowest BCUT2D eigenvalue weighted by atomic mass is 9.58. The van der Waals surface area contributed by atoms with Gasteiger partial charge >= 0.3 is 0 Å². The van der Waals surface area contributed by atoms with Gasteiger partial charge in [0.05, 0.1) is 0 Å². The first-order chi connectivity index (χ1) is 9.41. The largest absolute Gasteiger partial charge is 0.0996 e. The standard InChI is InChI=1S/C20H32/c1-15-7-6-8-16(2)10-14-19-17(3)11-13-18(12-9-15)20(19,4)5/h8-9,18-19H,3,6-7,10-14H2,1-2,4-5H3/b15-9+,16-8+/t18-,19+/m1/s1. The number of hydrogen-bond donors (Lipinski definition) is 0. The second kappa shape index (κ2) is 6.33. The van der Waals surface area contributed by atoms with Crippen molar-refractivity contribution < 1.29 is 0 Å². The topological polar surface area (TPSA) is 0 Å². The first kappa shape index (κ1) is 15.6. The Bertz CT molecular complexity index is 419. The quantitative estimate of drug-likeness (QED) is 0.444. The van der Waals surface area contributed by atoms with Crippen molar-refractivity contribution in [1.82, 2.24) is 0 Å². The summed E-state index contributed by atoms with van der Waals surface area (Å²) in [6.45, 7) is 14.0. The molecule has 0 nitrogen and oxygen atoms in total. The highest BCUT2D eigenvalue weighted by Gasteiger charge is 2.40. The molecule has 0 aromatic heterocycles. The molecule has 20 heavy (non-hydrogen) atoms. The van der Waals surface area contributed by atoms with Gasteiger partial charge in [0, 0.05) is 0 Å².